The van der Waals surface area contributed by atoms with E-state index in [0.717, 1.165) is 33.2 Å². The smallest absolute Gasteiger partial charge is 0.236 e. The second-order valence-corrected chi connectivity index (χ2v) is 7.48. The molecule has 0 unspecified atom stereocenters. The van der Waals surface area contributed by atoms with E-state index in [9.17, 15) is 4.79 Å². The van der Waals surface area contributed by atoms with E-state index in [4.69, 9.17) is 4.74 Å². The first-order valence-electron chi connectivity index (χ1n) is 8.18. The normalized spacial score (nSPS) is 10.9. The van der Waals surface area contributed by atoms with Crippen LogP contribution in [-0.4, -0.2) is 33.7 Å². The molecule has 0 spiro atoms. The average molecular weight is 396 g/mol. The predicted octanol–water partition coefficient (Wildman–Crippen LogP) is 4.43. The molecule has 1 amide bonds. The summed E-state index contributed by atoms with van der Waals surface area (Å²) in [6, 6.07) is 15.4. The summed E-state index contributed by atoms with van der Waals surface area (Å²) >= 11 is 2.77. The summed E-state index contributed by atoms with van der Waals surface area (Å²) in [5.41, 5.74) is 3.65. The van der Waals surface area contributed by atoms with Crippen LogP contribution in [0.4, 0.5) is 5.13 Å². The van der Waals surface area contributed by atoms with Gasteiger partial charge in [0.25, 0.3) is 0 Å². The topological polar surface area (TPSA) is 79.9 Å². The van der Waals surface area contributed by atoms with Gasteiger partial charge in [-0.05, 0) is 36.4 Å². The van der Waals surface area contributed by atoms with E-state index in [1.165, 1.54) is 23.1 Å². The molecule has 136 valence electrons. The summed E-state index contributed by atoms with van der Waals surface area (Å²) in [7, 11) is 1.63. The van der Waals surface area contributed by atoms with Gasteiger partial charge in [-0.2, -0.15) is 0 Å². The van der Waals surface area contributed by atoms with Crippen LogP contribution in [0.2, 0.25) is 0 Å². The number of hydrogen-bond acceptors (Lipinski definition) is 6. The van der Waals surface area contributed by atoms with Gasteiger partial charge in [-0.25, -0.2) is 9.97 Å². The van der Waals surface area contributed by atoms with Gasteiger partial charge in [0.05, 0.1) is 29.6 Å². The van der Waals surface area contributed by atoms with Crippen LogP contribution >= 0.6 is 23.1 Å². The molecule has 0 aliphatic carbocycles. The molecule has 0 radical (unpaired) electrons. The first-order chi connectivity index (χ1) is 13.2. The van der Waals surface area contributed by atoms with Gasteiger partial charge in [0, 0.05) is 10.9 Å². The van der Waals surface area contributed by atoms with Crippen molar-refractivity contribution in [1.29, 1.82) is 0 Å². The molecule has 2 N–H and O–H groups in total. The lowest BCUT2D eigenvalue weighted by Crippen LogP contribution is -2.13. The third-order valence-electron chi connectivity index (χ3n) is 3.84. The minimum absolute atomic E-state index is 0.115. The van der Waals surface area contributed by atoms with Gasteiger partial charge in [0.15, 0.2) is 10.3 Å². The third-order valence-corrected chi connectivity index (χ3v) is 5.47. The molecule has 4 aromatic rings. The number of anilines is 1. The van der Waals surface area contributed by atoms with Crippen LogP contribution in [0.1, 0.15) is 0 Å². The minimum atomic E-state index is -0.115. The Balaban J connectivity index is 1.36. The lowest BCUT2D eigenvalue weighted by atomic mass is 10.2. The first kappa shape index (κ1) is 17.6. The highest BCUT2D eigenvalue weighted by atomic mass is 32.2. The van der Waals surface area contributed by atoms with Crippen molar-refractivity contribution in [2.24, 2.45) is 0 Å². The zero-order valence-corrected chi connectivity index (χ0v) is 16.1. The Bertz CT molecular complexity index is 1040. The monoisotopic (exact) mass is 396 g/mol. The molecule has 6 nitrogen and oxygen atoms in total. The molecule has 0 fully saturated rings. The van der Waals surface area contributed by atoms with Crippen molar-refractivity contribution < 1.29 is 9.53 Å². The summed E-state index contributed by atoms with van der Waals surface area (Å²) in [6.45, 7) is 0. The molecule has 0 bridgehead atoms. The predicted molar refractivity (Wildman–Crippen MR) is 110 cm³/mol. The summed E-state index contributed by atoms with van der Waals surface area (Å²) in [5, 5.41) is 6.07. The first-order valence-corrected chi connectivity index (χ1v) is 10.0. The van der Waals surface area contributed by atoms with Gasteiger partial charge in [0.1, 0.15) is 5.75 Å². The number of rotatable bonds is 6. The molecule has 2 aromatic carbocycles. The zero-order chi connectivity index (χ0) is 18.6. The van der Waals surface area contributed by atoms with Crippen molar-refractivity contribution in [1.82, 2.24) is 15.0 Å². The zero-order valence-electron chi connectivity index (χ0n) is 14.4. The average Bonchev–Trinajstić information content (AvgIpc) is 3.33. The number of H-pyrrole nitrogens is 1. The van der Waals surface area contributed by atoms with E-state index in [0.29, 0.717) is 5.13 Å². The van der Waals surface area contributed by atoms with Crippen LogP contribution < -0.4 is 10.1 Å². The summed E-state index contributed by atoms with van der Waals surface area (Å²) in [4.78, 5) is 24.3. The number of methoxy groups -OCH3 is 1. The largest absolute Gasteiger partial charge is 0.497 e. The van der Waals surface area contributed by atoms with Crippen molar-refractivity contribution in [3.63, 3.8) is 0 Å². The van der Waals surface area contributed by atoms with Crippen LogP contribution in [0.25, 0.3) is 22.3 Å². The van der Waals surface area contributed by atoms with Gasteiger partial charge in [0.2, 0.25) is 5.91 Å². The number of aromatic nitrogens is 3. The summed E-state index contributed by atoms with van der Waals surface area (Å²) < 4.78 is 5.16. The number of fused-ring (bicyclic) bond motifs is 1. The maximum atomic E-state index is 12.2. The van der Waals surface area contributed by atoms with Crippen LogP contribution in [-0.2, 0) is 4.79 Å². The lowest BCUT2D eigenvalue weighted by molar-refractivity contribution is -0.113. The number of thiazole rings is 1. The van der Waals surface area contributed by atoms with E-state index in [1.54, 1.807) is 7.11 Å². The molecule has 0 saturated carbocycles. The number of para-hydroxylation sites is 2. The Labute approximate surface area is 164 Å². The Morgan fingerprint density at radius 1 is 1.19 bits per heavy atom. The Kier molecular flexibility index (Phi) is 5.08. The van der Waals surface area contributed by atoms with Gasteiger partial charge < -0.3 is 15.0 Å². The molecule has 0 atom stereocenters. The molecule has 0 aliphatic heterocycles. The van der Waals surface area contributed by atoms with E-state index in [1.807, 2.05) is 53.9 Å². The SMILES string of the molecule is COc1ccc(-c2csc(NC(=O)CSc3nc4ccccc4[nH]3)n2)cc1. The third kappa shape index (κ3) is 4.12. The number of benzene rings is 2. The molecule has 0 aliphatic rings. The van der Waals surface area contributed by atoms with E-state index in [2.05, 4.69) is 20.3 Å². The standard InChI is InChI=1S/C19H16N4O2S2/c1-25-13-8-6-12(7-9-13)16-10-26-19(22-16)23-17(24)11-27-18-20-14-4-2-3-5-15(14)21-18/h2-10H,11H2,1H3,(H,20,21)(H,22,23,24). The minimum Gasteiger partial charge on any atom is -0.497 e. The highest BCUT2D eigenvalue weighted by Gasteiger charge is 2.10. The molecular weight excluding hydrogens is 380 g/mol. The fraction of sp³-hybridized carbons (Fsp3) is 0.105. The van der Waals surface area contributed by atoms with Crippen LogP contribution in [0.5, 0.6) is 5.75 Å². The molecule has 8 heteroatoms. The number of imidazole rings is 1. The van der Waals surface area contributed by atoms with Crippen molar-refractivity contribution in [3.05, 3.63) is 53.9 Å². The number of nitrogens with one attached hydrogen (secondary N) is 2. The summed E-state index contributed by atoms with van der Waals surface area (Å²) in [6.07, 6.45) is 0. The Morgan fingerprint density at radius 2 is 2.00 bits per heavy atom. The van der Waals surface area contributed by atoms with E-state index < -0.39 is 0 Å². The number of nitrogens with zero attached hydrogens (tertiary/aromatic N) is 2. The van der Waals surface area contributed by atoms with Crippen LogP contribution in [0, 0.1) is 0 Å². The van der Waals surface area contributed by atoms with Crippen LogP contribution in [0.3, 0.4) is 0 Å². The number of carbonyl (C=O) groups is 1. The number of amides is 1. The van der Waals surface area contributed by atoms with Crippen molar-refractivity contribution in [2.45, 2.75) is 5.16 Å². The number of hydrogen-bond donors (Lipinski definition) is 2. The van der Waals surface area contributed by atoms with Crippen molar-refractivity contribution in [2.75, 3.05) is 18.2 Å². The molecular formula is C19H16N4O2S2. The Hall–Kier alpha value is -2.84. The fourth-order valence-corrected chi connectivity index (χ4v) is 3.93. The Morgan fingerprint density at radius 3 is 2.78 bits per heavy atom. The lowest BCUT2D eigenvalue weighted by Gasteiger charge is -2.01. The quantitative estimate of drug-likeness (QED) is 0.472. The number of thioether (sulfide) groups is 1. The van der Waals surface area contributed by atoms with E-state index >= 15 is 0 Å². The van der Waals surface area contributed by atoms with Gasteiger partial charge >= 0.3 is 0 Å². The maximum absolute atomic E-state index is 12.2. The second kappa shape index (κ2) is 7.81. The van der Waals surface area contributed by atoms with Gasteiger partial charge in [-0.15, -0.1) is 11.3 Å². The van der Waals surface area contributed by atoms with Gasteiger partial charge in [-0.1, -0.05) is 23.9 Å². The number of aromatic amines is 1. The number of carbonyl (C=O) groups excluding carboxylic acids is 1. The molecule has 2 aromatic heterocycles. The van der Waals surface area contributed by atoms with Crippen LogP contribution in [0.15, 0.2) is 59.1 Å². The fourth-order valence-electron chi connectivity index (χ4n) is 2.51. The highest BCUT2D eigenvalue weighted by molar-refractivity contribution is 7.99. The molecule has 4 rings (SSSR count). The van der Waals surface area contributed by atoms with Gasteiger partial charge in [-0.3, -0.25) is 4.79 Å². The summed E-state index contributed by atoms with van der Waals surface area (Å²) in [5.74, 6) is 0.943. The molecule has 27 heavy (non-hydrogen) atoms. The molecule has 0 saturated heterocycles. The maximum Gasteiger partial charge on any atom is 0.236 e. The second-order valence-electron chi connectivity index (χ2n) is 5.66. The van der Waals surface area contributed by atoms with Crippen molar-refractivity contribution >= 4 is 45.2 Å². The molecule has 2 heterocycles. The highest BCUT2D eigenvalue weighted by Crippen LogP contribution is 2.27. The number of ether oxygens (including phenoxy) is 1. The van der Waals surface area contributed by atoms with E-state index in [-0.39, 0.29) is 11.7 Å². The van der Waals surface area contributed by atoms with Crippen molar-refractivity contribution in [3.8, 4) is 17.0 Å².